The molecule has 1 atom stereocenters. The lowest BCUT2D eigenvalue weighted by molar-refractivity contribution is 0.415. The Bertz CT molecular complexity index is 525. The van der Waals surface area contributed by atoms with Crippen LogP contribution in [0.5, 0.6) is 5.75 Å². The molecule has 2 saturated carbocycles. The van der Waals surface area contributed by atoms with Crippen molar-refractivity contribution in [1.29, 1.82) is 0 Å². The van der Waals surface area contributed by atoms with Crippen LogP contribution in [0.15, 0.2) is 23.2 Å². The second-order valence-electron chi connectivity index (χ2n) is 5.46. The Balaban J connectivity index is 1.57. The first kappa shape index (κ1) is 12.6. The van der Waals surface area contributed by atoms with Crippen molar-refractivity contribution in [2.24, 2.45) is 22.1 Å². The van der Waals surface area contributed by atoms with Crippen LogP contribution in [0, 0.1) is 11.3 Å². The summed E-state index contributed by atoms with van der Waals surface area (Å²) in [5.41, 5.74) is 7.37. The van der Waals surface area contributed by atoms with Crippen LogP contribution >= 0.6 is 11.6 Å². The summed E-state index contributed by atoms with van der Waals surface area (Å²) in [6.45, 7) is 0.836. The van der Waals surface area contributed by atoms with Gasteiger partial charge in [0, 0.05) is 12.2 Å². The molecule has 1 spiro atoms. The molecule has 0 bridgehead atoms. The Hall–Kier alpha value is -1.42. The third kappa shape index (κ3) is 2.63. The molecule has 3 N–H and O–H groups in total. The minimum absolute atomic E-state index is 0.448. The van der Waals surface area contributed by atoms with Crippen molar-refractivity contribution < 1.29 is 4.74 Å². The van der Waals surface area contributed by atoms with Gasteiger partial charge in [0.2, 0.25) is 0 Å². The fourth-order valence-corrected chi connectivity index (χ4v) is 2.86. The first-order chi connectivity index (χ1) is 9.13. The smallest absolute Gasteiger partial charge is 0.193 e. The first-order valence-corrected chi connectivity index (χ1v) is 6.91. The van der Waals surface area contributed by atoms with Gasteiger partial charge >= 0.3 is 0 Å². The molecular formula is C14H18ClN3O. The molecule has 19 heavy (non-hydrogen) atoms. The molecule has 2 fully saturated rings. The number of halogens is 1. The topological polar surface area (TPSA) is 59.6 Å². The minimum atomic E-state index is 0.448. The largest absolute Gasteiger partial charge is 0.495 e. The van der Waals surface area contributed by atoms with Gasteiger partial charge in [-0.05, 0) is 48.8 Å². The maximum Gasteiger partial charge on any atom is 0.193 e. The number of benzene rings is 1. The Morgan fingerprint density at radius 1 is 1.58 bits per heavy atom. The van der Waals surface area contributed by atoms with E-state index in [0.717, 1.165) is 18.2 Å². The molecule has 102 valence electrons. The van der Waals surface area contributed by atoms with E-state index >= 15 is 0 Å². The highest BCUT2D eigenvalue weighted by molar-refractivity contribution is 6.32. The number of hydrogen-bond donors (Lipinski definition) is 2. The second kappa shape index (κ2) is 4.60. The van der Waals surface area contributed by atoms with Crippen LogP contribution in [0.4, 0.5) is 5.69 Å². The highest BCUT2D eigenvalue weighted by atomic mass is 35.5. The SMILES string of the molecule is COc1ccc(NC(N)=NCC2CC23CC3)cc1Cl. The zero-order valence-corrected chi connectivity index (χ0v) is 11.7. The summed E-state index contributed by atoms with van der Waals surface area (Å²) in [5, 5.41) is 3.61. The monoisotopic (exact) mass is 279 g/mol. The van der Waals surface area contributed by atoms with Crippen molar-refractivity contribution in [3.05, 3.63) is 23.2 Å². The lowest BCUT2D eigenvalue weighted by atomic mass is 10.3. The zero-order valence-electron chi connectivity index (χ0n) is 10.9. The van der Waals surface area contributed by atoms with Gasteiger partial charge in [0.05, 0.1) is 12.1 Å². The number of anilines is 1. The van der Waals surface area contributed by atoms with Crippen molar-refractivity contribution >= 4 is 23.2 Å². The van der Waals surface area contributed by atoms with Gasteiger partial charge in [0.1, 0.15) is 5.75 Å². The van der Waals surface area contributed by atoms with Crippen LogP contribution < -0.4 is 15.8 Å². The van der Waals surface area contributed by atoms with Gasteiger partial charge in [0.15, 0.2) is 5.96 Å². The lowest BCUT2D eigenvalue weighted by Crippen LogP contribution is -2.23. The standard InChI is InChI=1S/C14H18ClN3O/c1-19-12-3-2-10(6-11(12)15)18-13(16)17-8-9-7-14(9)4-5-14/h2-3,6,9H,4-5,7-8H2,1H3,(H3,16,17,18). The highest BCUT2D eigenvalue weighted by Crippen LogP contribution is 2.70. The maximum atomic E-state index is 6.05. The van der Waals surface area contributed by atoms with Crippen molar-refractivity contribution in [2.75, 3.05) is 19.0 Å². The minimum Gasteiger partial charge on any atom is -0.495 e. The van der Waals surface area contributed by atoms with Crippen molar-refractivity contribution in [2.45, 2.75) is 19.3 Å². The lowest BCUT2D eigenvalue weighted by Gasteiger charge is -2.08. The number of nitrogens with two attached hydrogens (primary N) is 1. The first-order valence-electron chi connectivity index (χ1n) is 6.53. The number of nitrogens with zero attached hydrogens (tertiary/aromatic N) is 1. The molecule has 0 saturated heterocycles. The normalized spacial score (nSPS) is 23.3. The molecule has 1 unspecified atom stereocenters. The van der Waals surface area contributed by atoms with E-state index in [1.807, 2.05) is 6.07 Å². The maximum absolute atomic E-state index is 6.05. The number of rotatable bonds is 4. The van der Waals surface area contributed by atoms with Gasteiger partial charge in [-0.3, -0.25) is 4.99 Å². The predicted molar refractivity (Wildman–Crippen MR) is 77.9 cm³/mol. The van der Waals surface area contributed by atoms with Gasteiger partial charge in [-0.1, -0.05) is 11.6 Å². The fraction of sp³-hybridized carbons (Fsp3) is 0.500. The third-order valence-electron chi connectivity index (χ3n) is 4.16. The second-order valence-corrected chi connectivity index (χ2v) is 5.87. The summed E-state index contributed by atoms with van der Waals surface area (Å²) in [4.78, 5) is 4.40. The number of aliphatic imine (C=N–C) groups is 1. The predicted octanol–water partition coefficient (Wildman–Crippen LogP) is 2.88. The summed E-state index contributed by atoms with van der Waals surface area (Å²) in [6.07, 6.45) is 4.10. The molecule has 4 nitrogen and oxygen atoms in total. The van der Waals surface area contributed by atoms with E-state index in [0.29, 0.717) is 22.1 Å². The number of hydrogen-bond acceptors (Lipinski definition) is 2. The molecule has 3 rings (SSSR count). The van der Waals surface area contributed by atoms with Gasteiger partial charge in [0.25, 0.3) is 0 Å². The van der Waals surface area contributed by atoms with E-state index in [2.05, 4.69) is 10.3 Å². The van der Waals surface area contributed by atoms with Crippen molar-refractivity contribution in [1.82, 2.24) is 0 Å². The molecule has 0 amide bonds. The van der Waals surface area contributed by atoms with E-state index in [-0.39, 0.29) is 0 Å². The van der Waals surface area contributed by atoms with E-state index in [1.54, 1.807) is 19.2 Å². The Kier molecular flexibility index (Phi) is 3.05. The van der Waals surface area contributed by atoms with Crippen LogP contribution in [-0.2, 0) is 0 Å². The summed E-state index contributed by atoms with van der Waals surface area (Å²) >= 11 is 6.05. The molecule has 0 aromatic heterocycles. The van der Waals surface area contributed by atoms with E-state index in [9.17, 15) is 0 Å². The van der Waals surface area contributed by atoms with Crippen LogP contribution in [-0.4, -0.2) is 19.6 Å². The van der Waals surface area contributed by atoms with Crippen LogP contribution in [0.3, 0.4) is 0 Å². The fourth-order valence-electron chi connectivity index (χ4n) is 2.60. The van der Waals surface area contributed by atoms with Crippen LogP contribution in [0.25, 0.3) is 0 Å². The van der Waals surface area contributed by atoms with Gasteiger partial charge in [-0.15, -0.1) is 0 Å². The summed E-state index contributed by atoms with van der Waals surface area (Å²) in [7, 11) is 1.59. The van der Waals surface area contributed by atoms with E-state index < -0.39 is 0 Å². The number of methoxy groups -OCH3 is 1. The average Bonchev–Trinajstić information content (AvgIpc) is 3.29. The molecule has 1 aromatic carbocycles. The van der Waals surface area contributed by atoms with Gasteiger partial charge in [-0.2, -0.15) is 0 Å². The number of guanidine groups is 1. The van der Waals surface area contributed by atoms with Gasteiger partial charge in [-0.25, -0.2) is 0 Å². The molecule has 5 heteroatoms. The van der Waals surface area contributed by atoms with Crippen LogP contribution in [0.2, 0.25) is 5.02 Å². The molecule has 0 heterocycles. The summed E-state index contributed by atoms with van der Waals surface area (Å²) in [5.74, 6) is 1.85. The number of ether oxygens (including phenoxy) is 1. The number of nitrogens with one attached hydrogen (secondary N) is 1. The van der Waals surface area contributed by atoms with Crippen molar-refractivity contribution in [3.8, 4) is 5.75 Å². The quantitative estimate of drug-likeness (QED) is 0.658. The molecule has 2 aliphatic carbocycles. The van der Waals surface area contributed by atoms with E-state index in [4.69, 9.17) is 22.1 Å². The van der Waals surface area contributed by atoms with Crippen LogP contribution in [0.1, 0.15) is 19.3 Å². The molecule has 2 aliphatic rings. The highest BCUT2D eigenvalue weighted by Gasteiger charge is 2.62. The summed E-state index contributed by atoms with van der Waals surface area (Å²) in [6, 6.07) is 5.45. The Morgan fingerprint density at radius 3 is 2.95 bits per heavy atom. The molecule has 0 aliphatic heterocycles. The molecule has 0 radical (unpaired) electrons. The third-order valence-corrected chi connectivity index (χ3v) is 4.45. The van der Waals surface area contributed by atoms with Crippen molar-refractivity contribution in [3.63, 3.8) is 0 Å². The average molecular weight is 280 g/mol. The Labute approximate surface area is 118 Å². The van der Waals surface area contributed by atoms with E-state index in [1.165, 1.54) is 19.3 Å². The summed E-state index contributed by atoms with van der Waals surface area (Å²) < 4.78 is 5.10. The van der Waals surface area contributed by atoms with Gasteiger partial charge < -0.3 is 15.8 Å². The molecular weight excluding hydrogens is 262 g/mol. The molecule has 1 aromatic rings. The Morgan fingerprint density at radius 2 is 2.37 bits per heavy atom. The zero-order chi connectivity index (χ0) is 13.5.